The number of hydrogen-bond donors (Lipinski definition) is 1. The van der Waals surface area contributed by atoms with Crippen molar-refractivity contribution in [3.8, 4) is 46.0 Å². The molecular weight excluding hydrogens is 348 g/mol. The van der Waals surface area contributed by atoms with E-state index in [1.165, 1.54) is 0 Å². The predicted octanol–water partition coefficient (Wildman–Crippen LogP) is 4.76. The van der Waals surface area contributed by atoms with Gasteiger partial charge in [0.05, 0.1) is 17.2 Å². The van der Waals surface area contributed by atoms with Crippen molar-refractivity contribution in [3.63, 3.8) is 0 Å². The predicted molar refractivity (Wildman–Crippen MR) is 107 cm³/mol. The van der Waals surface area contributed by atoms with Crippen molar-refractivity contribution in [3.05, 3.63) is 83.9 Å². The van der Waals surface area contributed by atoms with Gasteiger partial charge in [0.15, 0.2) is 17.5 Å². The molecule has 0 fully saturated rings. The molecule has 5 nitrogen and oxygen atoms in total. The van der Waals surface area contributed by atoms with Crippen molar-refractivity contribution in [2.45, 2.75) is 6.92 Å². The fraction of sp³-hybridized carbons (Fsp3) is 0.0435. The summed E-state index contributed by atoms with van der Waals surface area (Å²) >= 11 is 0. The fourth-order valence-electron chi connectivity index (χ4n) is 2.87. The Morgan fingerprint density at radius 2 is 1.36 bits per heavy atom. The van der Waals surface area contributed by atoms with Crippen LogP contribution in [0.1, 0.15) is 11.1 Å². The molecule has 28 heavy (non-hydrogen) atoms. The molecular formula is C23H16N4O. The van der Waals surface area contributed by atoms with E-state index in [1.54, 1.807) is 36.4 Å². The Morgan fingerprint density at radius 1 is 0.750 bits per heavy atom. The summed E-state index contributed by atoms with van der Waals surface area (Å²) in [6.45, 7) is 1.91. The molecule has 3 aromatic carbocycles. The molecule has 0 aliphatic heterocycles. The molecule has 0 saturated heterocycles. The quantitative estimate of drug-likeness (QED) is 0.567. The normalized spacial score (nSPS) is 10.4. The number of nitrogens with zero attached hydrogens (tertiary/aromatic N) is 4. The maximum Gasteiger partial charge on any atom is 0.167 e. The van der Waals surface area contributed by atoms with E-state index in [0.29, 0.717) is 28.6 Å². The monoisotopic (exact) mass is 364 g/mol. The number of aromatic nitrogens is 3. The highest BCUT2D eigenvalue weighted by molar-refractivity contribution is 5.70. The number of rotatable bonds is 3. The third-order valence-corrected chi connectivity index (χ3v) is 4.33. The number of phenolic OH excluding ortho intramolecular Hbond substituents is 1. The highest BCUT2D eigenvalue weighted by atomic mass is 16.3. The molecule has 1 N–H and O–H groups in total. The summed E-state index contributed by atoms with van der Waals surface area (Å²) in [5.41, 5.74) is 3.68. The fourth-order valence-corrected chi connectivity index (χ4v) is 2.87. The van der Waals surface area contributed by atoms with Gasteiger partial charge >= 0.3 is 0 Å². The second-order valence-corrected chi connectivity index (χ2v) is 6.38. The van der Waals surface area contributed by atoms with E-state index in [1.807, 2.05) is 43.3 Å². The van der Waals surface area contributed by atoms with E-state index >= 15 is 0 Å². The second kappa shape index (κ2) is 7.29. The number of hydrogen-bond acceptors (Lipinski definition) is 5. The van der Waals surface area contributed by atoms with Gasteiger partial charge in [0.2, 0.25) is 0 Å². The molecule has 0 aliphatic carbocycles. The van der Waals surface area contributed by atoms with Gasteiger partial charge in [-0.1, -0.05) is 36.4 Å². The maximum absolute atomic E-state index is 10.4. The molecule has 5 heteroatoms. The van der Waals surface area contributed by atoms with Crippen LogP contribution in [0.2, 0.25) is 0 Å². The lowest BCUT2D eigenvalue weighted by Gasteiger charge is -2.09. The van der Waals surface area contributed by atoms with Crippen LogP contribution in [-0.4, -0.2) is 20.1 Å². The van der Waals surface area contributed by atoms with Crippen LogP contribution in [0, 0.1) is 18.3 Å². The third-order valence-electron chi connectivity index (χ3n) is 4.33. The van der Waals surface area contributed by atoms with E-state index in [-0.39, 0.29) is 5.75 Å². The van der Waals surface area contributed by atoms with E-state index < -0.39 is 0 Å². The molecule has 0 radical (unpaired) electrons. The average molecular weight is 364 g/mol. The van der Waals surface area contributed by atoms with Gasteiger partial charge in [0.25, 0.3) is 0 Å². The van der Waals surface area contributed by atoms with Crippen LogP contribution in [0.3, 0.4) is 0 Å². The number of aromatic hydroxyl groups is 1. The second-order valence-electron chi connectivity index (χ2n) is 6.38. The summed E-state index contributed by atoms with van der Waals surface area (Å²) in [4.78, 5) is 13.8. The van der Waals surface area contributed by atoms with Gasteiger partial charge in [-0.3, -0.25) is 0 Å². The van der Waals surface area contributed by atoms with Gasteiger partial charge < -0.3 is 5.11 Å². The minimum Gasteiger partial charge on any atom is -0.507 e. The molecule has 0 aliphatic rings. The first kappa shape index (κ1) is 17.4. The van der Waals surface area contributed by atoms with Gasteiger partial charge in [-0.25, -0.2) is 15.0 Å². The standard InChI is InChI=1S/C23H16N4O/c1-15-7-12-19(20(28)13-15)23-26-21(17-5-3-2-4-6-17)25-22(27-23)18-10-8-16(14-24)9-11-18/h2-13,28H,1H3. The Morgan fingerprint density at radius 3 is 1.96 bits per heavy atom. The molecule has 0 amide bonds. The molecule has 134 valence electrons. The van der Waals surface area contributed by atoms with Gasteiger partial charge in [0.1, 0.15) is 5.75 Å². The number of aryl methyl sites for hydroxylation is 1. The molecule has 0 atom stereocenters. The van der Waals surface area contributed by atoms with Crippen LogP contribution in [0.5, 0.6) is 5.75 Å². The van der Waals surface area contributed by atoms with Gasteiger partial charge in [-0.2, -0.15) is 5.26 Å². The highest BCUT2D eigenvalue weighted by Gasteiger charge is 2.14. The average Bonchev–Trinajstić information content (AvgIpc) is 2.74. The zero-order valence-corrected chi connectivity index (χ0v) is 15.2. The molecule has 0 unspecified atom stereocenters. The van der Waals surface area contributed by atoms with E-state index in [0.717, 1.165) is 16.7 Å². The van der Waals surface area contributed by atoms with Gasteiger partial charge in [0, 0.05) is 11.1 Å². The first-order valence-corrected chi connectivity index (χ1v) is 8.76. The lowest BCUT2D eigenvalue weighted by Crippen LogP contribution is -2.00. The van der Waals surface area contributed by atoms with Crippen LogP contribution in [0.4, 0.5) is 0 Å². The van der Waals surface area contributed by atoms with Crippen LogP contribution in [0.25, 0.3) is 34.2 Å². The first-order chi connectivity index (χ1) is 13.6. The van der Waals surface area contributed by atoms with E-state index in [4.69, 9.17) is 5.26 Å². The molecule has 0 saturated carbocycles. The first-order valence-electron chi connectivity index (χ1n) is 8.76. The van der Waals surface area contributed by atoms with Gasteiger partial charge in [-0.15, -0.1) is 0 Å². The Kier molecular flexibility index (Phi) is 4.53. The summed E-state index contributed by atoms with van der Waals surface area (Å²) < 4.78 is 0. The highest BCUT2D eigenvalue weighted by Crippen LogP contribution is 2.30. The molecule has 0 spiro atoms. The molecule has 4 rings (SSSR count). The largest absolute Gasteiger partial charge is 0.507 e. The summed E-state index contributed by atoms with van der Waals surface area (Å²) in [5.74, 6) is 1.51. The van der Waals surface area contributed by atoms with Crippen LogP contribution in [0.15, 0.2) is 72.8 Å². The SMILES string of the molecule is Cc1ccc(-c2nc(-c3ccccc3)nc(-c3ccc(C#N)cc3)n2)c(O)c1. The Bertz CT molecular complexity index is 1180. The lowest BCUT2D eigenvalue weighted by molar-refractivity contribution is 0.476. The maximum atomic E-state index is 10.4. The third kappa shape index (κ3) is 3.44. The molecule has 0 bridgehead atoms. The minimum absolute atomic E-state index is 0.121. The number of nitriles is 1. The van der Waals surface area contributed by atoms with Crippen molar-refractivity contribution in [1.82, 2.24) is 15.0 Å². The van der Waals surface area contributed by atoms with Crippen molar-refractivity contribution < 1.29 is 5.11 Å². The minimum atomic E-state index is 0.121. The van der Waals surface area contributed by atoms with Crippen molar-refractivity contribution in [1.29, 1.82) is 5.26 Å². The van der Waals surface area contributed by atoms with Crippen molar-refractivity contribution >= 4 is 0 Å². The molecule has 4 aromatic rings. The summed E-state index contributed by atoms with van der Waals surface area (Å²) in [7, 11) is 0. The summed E-state index contributed by atoms with van der Waals surface area (Å²) in [6.07, 6.45) is 0. The summed E-state index contributed by atoms with van der Waals surface area (Å²) in [5, 5.41) is 19.4. The lowest BCUT2D eigenvalue weighted by atomic mass is 10.1. The zero-order chi connectivity index (χ0) is 19.5. The van der Waals surface area contributed by atoms with E-state index in [2.05, 4.69) is 21.0 Å². The van der Waals surface area contributed by atoms with Crippen LogP contribution in [-0.2, 0) is 0 Å². The van der Waals surface area contributed by atoms with Crippen LogP contribution >= 0.6 is 0 Å². The van der Waals surface area contributed by atoms with Crippen molar-refractivity contribution in [2.75, 3.05) is 0 Å². The number of phenols is 1. The van der Waals surface area contributed by atoms with Crippen molar-refractivity contribution in [2.24, 2.45) is 0 Å². The topological polar surface area (TPSA) is 82.7 Å². The Labute approximate surface area is 162 Å². The van der Waals surface area contributed by atoms with Gasteiger partial charge in [-0.05, 0) is 48.9 Å². The molecule has 1 aromatic heterocycles. The van der Waals surface area contributed by atoms with E-state index in [9.17, 15) is 5.11 Å². The summed E-state index contributed by atoms with van der Waals surface area (Å²) in [6, 6.07) is 24.2. The Hall–Kier alpha value is -4.04. The number of benzene rings is 3. The van der Waals surface area contributed by atoms with Crippen LogP contribution < -0.4 is 0 Å². The zero-order valence-electron chi connectivity index (χ0n) is 15.2. The smallest absolute Gasteiger partial charge is 0.167 e. The Balaban J connectivity index is 1.91. The molecule has 1 heterocycles.